The Bertz CT molecular complexity index is 561. The van der Waals surface area contributed by atoms with E-state index < -0.39 is 5.41 Å². The number of halogens is 1. The highest BCUT2D eigenvalue weighted by atomic mass is 35.5. The van der Waals surface area contributed by atoms with Crippen molar-refractivity contribution < 1.29 is 14.7 Å². The molecule has 2 N–H and O–H groups in total. The lowest BCUT2D eigenvalue weighted by molar-refractivity contribution is -0.128. The lowest BCUT2D eigenvalue weighted by atomic mass is 9.89. The number of rotatable bonds is 2. The van der Waals surface area contributed by atoms with Crippen LogP contribution in [-0.4, -0.2) is 42.0 Å². The monoisotopic (exact) mass is 296 g/mol. The number of benzene rings is 1. The summed E-state index contributed by atoms with van der Waals surface area (Å²) in [6.45, 7) is 2.64. The van der Waals surface area contributed by atoms with Gasteiger partial charge in [-0.15, -0.1) is 0 Å². The van der Waals surface area contributed by atoms with Crippen molar-refractivity contribution in [2.24, 2.45) is 5.41 Å². The van der Waals surface area contributed by atoms with Crippen molar-refractivity contribution in [2.45, 2.75) is 13.3 Å². The Balaban J connectivity index is 2.20. The van der Waals surface area contributed by atoms with E-state index in [-0.39, 0.29) is 23.1 Å². The lowest BCUT2D eigenvalue weighted by Gasteiger charge is -2.23. The highest BCUT2D eigenvalue weighted by Crippen LogP contribution is 2.32. The maximum Gasteiger partial charge on any atom is 0.257 e. The Kier molecular flexibility index (Phi) is 3.90. The molecular weight excluding hydrogens is 280 g/mol. The molecule has 2 amide bonds. The van der Waals surface area contributed by atoms with E-state index in [0.717, 1.165) is 0 Å². The zero-order valence-electron chi connectivity index (χ0n) is 11.4. The van der Waals surface area contributed by atoms with E-state index in [0.29, 0.717) is 24.5 Å². The minimum Gasteiger partial charge on any atom is -0.507 e. The minimum atomic E-state index is -0.585. The largest absolute Gasteiger partial charge is 0.507 e. The van der Waals surface area contributed by atoms with E-state index >= 15 is 0 Å². The Hall–Kier alpha value is -1.75. The van der Waals surface area contributed by atoms with E-state index in [1.807, 2.05) is 6.92 Å². The summed E-state index contributed by atoms with van der Waals surface area (Å²) in [4.78, 5) is 25.8. The van der Waals surface area contributed by atoms with Gasteiger partial charge in [-0.05, 0) is 31.5 Å². The molecule has 1 atom stereocenters. The van der Waals surface area contributed by atoms with Gasteiger partial charge in [-0.25, -0.2) is 0 Å². The second-order valence-corrected chi connectivity index (χ2v) is 5.71. The molecule has 0 aromatic heterocycles. The minimum absolute atomic E-state index is 0.0804. The van der Waals surface area contributed by atoms with Gasteiger partial charge in [0.1, 0.15) is 5.75 Å². The van der Waals surface area contributed by atoms with Crippen LogP contribution in [-0.2, 0) is 4.79 Å². The number of likely N-dealkylation sites (tertiary alicyclic amines) is 1. The number of carbonyl (C=O) groups is 2. The summed E-state index contributed by atoms with van der Waals surface area (Å²) in [5.74, 6) is -0.492. The summed E-state index contributed by atoms with van der Waals surface area (Å²) in [6.07, 6.45) is 0.597. The molecule has 1 fully saturated rings. The standard InChI is InChI=1S/C14H17ClN2O3/c1-14(13(20)16-2)5-6-17(8-14)12(19)10-7-9(15)3-4-11(10)18/h3-4,7,18H,5-6,8H2,1-2H3,(H,16,20). The van der Waals surface area contributed by atoms with E-state index in [1.54, 1.807) is 11.9 Å². The third kappa shape index (κ3) is 2.58. The Morgan fingerprint density at radius 3 is 2.80 bits per heavy atom. The van der Waals surface area contributed by atoms with E-state index in [9.17, 15) is 14.7 Å². The van der Waals surface area contributed by atoms with Crippen LogP contribution in [0.2, 0.25) is 5.02 Å². The Labute approximate surface area is 122 Å². The molecule has 1 heterocycles. The van der Waals surface area contributed by atoms with Crippen LogP contribution in [0.4, 0.5) is 0 Å². The molecule has 1 aliphatic heterocycles. The van der Waals surface area contributed by atoms with Gasteiger partial charge in [0.2, 0.25) is 5.91 Å². The highest BCUT2D eigenvalue weighted by molar-refractivity contribution is 6.31. The number of hydrogen-bond donors (Lipinski definition) is 2. The molecule has 1 aliphatic rings. The molecule has 1 saturated heterocycles. The normalized spacial score (nSPS) is 21.9. The summed E-state index contributed by atoms with van der Waals surface area (Å²) in [6, 6.07) is 4.35. The van der Waals surface area contributed by atoms with Gasteiger partial charge in [0.15, 0.2) is 0 Å². The first-order valence-electron chi connectivity index (χ1n) is 6.37. The summed E-state index contributed by atoms with van der Waals surface area (Å²) in [5.41, 5.74) is -0.419. The van der Waals surface area contributed by atoms with Crippen LogP contribution in [0.5, 0.6) is 5.75 Å². The van der Waals surface area contributed by atoms with Crippen molar-refractivity contribution in [3.63, 3.8) is 0 Å². The molecule has 108 valence electrons. The number of nitrogens with zero attached hydrogens (tertiary/aromatic N) is 1. The van der Waals surface area contributed by atoms with Crippen LogP contribution in [0.15, 0.2) is 18.2 Å². The number of amides is 2. The molecule has 5 nitrogen and oxygen atoms in total. The third-order valence-electron chi connectivity index (χ3n) is 3.72. The zero-order chi connectivity index (χ0) is 14.9. The van der Waals surface area contributed by atoms with Gasteiger partial charge in [-0.1, -0.05) is 11.6 Å². The van der Waals surface area contributed by atoms with Crippen LogP contribution in [0.1, 0.15) is 23.7 Å². The molecule has 1 aromatic carbocycles. The van der Waals surface area contributed by atoms with Crippen molar-refractivity contribution >= 4 is 23.4 Å². The predicted molar refractivity (Wildman–Crippen MR) is 75.8 cm³/mol. The van der Waals surface area contributed by atoms with Crippen molar-refractivity contribution in [1.29, 1.82) is 0 Å². The maximum atomic E-state index is 12.4. The average Bonchev–Trinajstić information content (AvgIpc) is 2.83. The van der Waals surface area contributed by atoms with Crippen LogP contribution < -0.4 is 5.32 Å². The smallest absolute Gasteiger partial charge is 0.257 e. The van der Waals surface area contributed by atoms with Crippen LogP contribution in [0, 0.1) is 5.41 Å². The van der Waals surface area contributed by atoms with E-state index in [4.69, 9.17) is 11.6 Å². The number of carbonyl (C=O) groups excluding carboxylic acids is 2. The van der Waals surface area contributed by atoms with Crippen LogP contribution in [0.3, 0.4) is 0 Å². The number of phenolic OH excluding ortho intramolecular Hbond substituents is 1. The summed E-state index contributed by atoms with van der Waals surface area (Å²) in [7, 11) is 1.58. The van der Waals surface area contributed by atoms with Crippen molar-refractivity contribution in [2.75, 3.05) is 20.1 Å². The number of hydrogen-bond acceptors (Lipinski definition) is 3. The van der Waals surface area contributed by atoms with E-state index in [2.05, 4.69) is 5.32 Å². The lowest BCUT2D eigenvalue weighted by Crippen LogP contribution is -2.40. The SMILES string of the molecule is CNC(=O)C1(C)CCN(C(=O)c2cc(Cl)ccc2O)C1. The molecule has 0 bridgehead atoms. The molecule has 1 aromatic rings. The second-order valence-electron chi connectivity index (χ2n) is 5.28. The Morgan fingerprint density at radius 2 is 2.15 bits per heavy atom. The highest BCUT2D eigenvalue weighted by Gasteiger charge is 2.41. The van der Waals surface area contributed by atoms with Gasteiger partial charge in [0.25, 0.3) is 5.91 Å². The van der Waals surface area contributed by atoms with Gasteiger partial charge in [0.05, 0.1) is 11.0 Å². The molecule has 2 rings (SSSR count). The first-order valence-corrected chi connectivity index (χ1v) is 6.75. The maximum absolute atomic E-state index is 12.4. The molecule has 20 heavy (non-hydrogen) atoms. The summed E-state index contributed by atoms with van der Waals surface area (Å²) in [5, 5.41) is 12.8. The fraction of sp³-hybridized carbons (Fsp3) is 0.429. The van der Waals surface area contributed by atoms with Gasteiger partial charge >= 0.3 is 0 Å². The molecule has 1 unspecified atom stereocenters. The topological polar surface area (TPSA) is 69.6 Å². The molecule has 0 radical (unpaired) electrons. The van der Waals surface area contributed by atoms with Gasteiger partial charge in [-0.3, -0.25) is 9.59 Å². The van der Waals surface area contributed by atoms with E-state index in [1.165, 1.54) is 18.2 Å². The van der Waals surface area contributed by atoms with Crippen LogP contribution >= 0.6 is 11.6 Å². The summed E-state index contributed by atoms with van der Waals surface area (Å²) >= 11 is 5.85. The second kappa shape index (κ2) is 5.32. The van der Waals surface area contributed by atoms with Crippen molar-refractivity contribution in [3.8, 4) is 5.75 Å². The number of aromatic hydroxyl groups is 1. The first kappa shape index (κ1) is 14.7. The third-order valence-corrected chi connectivity index (χ3v) is 3.96. The average molecular weight is 297 g/mol. The molecular formula is C14H17ClN2O3. The Morgan fingerprint density at radius 1 is 1.45 bits per heavy atom. The van der Waals surface area contributed by atoms with Crippen molar-refractivity contribution in [3.05, 3.63) is 28.8 Å². The van der Waals surface area contributed by atoms with Gasteiger partial charge in [-0.2, -0.15) is 0 Å². The quantitative estimate of drug-likeness (QED) is 0.872. The molecule has 0 spiro atoms. The number of phenols is 1. The molecule has 6 heteroatoms. The number of nitrogens with one attached hydrogen (secondary N) is 1. The van der Waals surface area contributed by atoms with Crippen LogP contribution in [0.25, 0.3) is 0 Å². The van der Waals surface area contributed by atoms with Gasteiger partial charge in [0, 0.05) is 25.2 Å². The fourth-order valence-corrected chi connectivity index (χ4v) is 2.64. The zero-order valence-corrected chi connectivity index (χ0v) is 12.2. The fourth-order valence-electron chi connectivity index (χ4n) is 2.47. The van der Waals surface area contributed by atoms with Gasteiger partial charge < -0.3 is 15.3 Å². The molecule has 0 aliphatic carbocycles. The molecule has 0 saturated carbocycles. The summed E-state index contributed by atoms with van der Waals surface area (Å²) < 4.78 is 0. The first-order chi connectivity index (χ1) is 9.37. The predicted octanol–water partition coefficient (Wildman–Crippen LogP) is 1.64. The van der Waals surface area contributed by atoms with Crippen molar-refractivity contribution in [1.82, 2.24) is 10.2 Å².